The minimum absolute atomic E-state index is 0.385. The van der Waals surface area contributed by atoms with Crippen molar-refractivity contribution in [3.63, 3.8) is 0 Å². The molecular formula is C7H12ClN3O2. The van der Waals surface area contributed by atoms with Gasteiger partial charge in [-0.2, -0.15) is 0 Å². The molecule has 0 saturated carbocycles. The summed E-state index contributed by atoms with van der Waals surface area (Å²) in [5.41, 5.74) is 0. The SMILES string of the molecule is COCCOCCn1cnnc1Cl. The Kier molecular flexibility index (Phi) is 4.74. The number of ether oxygens (including phenoxy) is 2. The summed E-state index contributed by atoms with van der Waals surface area (Å²) in [5.74, 6) is 0. The Labute approximate surface area is 81.6 Å². The van der Waals surface area contributed by atoms with Gasteiger partial charge in [0.1, 0.15) is 6.33 Å². The molecule has 0 fully saturated rings. The van der Waals surface area contributed by atoms with Gasteiger partial charge in [0, 0.05) is 13.7 Å². The minimum atomic E-state index is 0.385. The molecule has 0 aromatic carbocycles. The molecule has 0 aliphatic heterocycles. The molecule has 0 N–H and O–H groups in total. The van der Waals surface area contributed by atoms with Gasteiger partial charge in [-0.05, 0) is 11.6 Å². The Hall–Kier alpha value is -0.650. The highest BCUT2D eigenvalue weighted by Gasteiger charge is 1.98. The summed E-state index contributed by atoms with van der Waals surface area (Å²) in [6.07, 6.45) is 1.57. The average Bonchev–Trinajstić information content (AvgIpc) is 2.52. The molecule has 0 saturated heterocycles. The minimum Gasteiger partial charge on any atom is -0.382 e. The maximum atomic E-state index is 5.69. The standard InChI is InChI=1S/C7H12ClN3O2/c1-12-4-5-13-3-2-11-6-9-10-7(11)8/h6H,2-5H2,1H3. The van der Waals surface area contributed by atoms with Crippen LogP contribution in [0.3, 0.4) is 0 Å². The van der Waals surface area contributed by atoms with Gasteiger partial charge in [-0.3, -0.25) is 0 Å². The van der Waals surface area contributed by atoms with Gasteiger partial charge in [-0.25, -0.2) is 0 Å². The average molecular weight is 206 g/mol. The van der Waals surface area contributed by atoms with Gasteiger partial charge < -0.3 is 14.0 Å². The van der Waals surface area contributed by atoms with Gasteiger partial charge >= 0.3 is 0 Å². The normalized spacial score (nSPS) is 10.6. The van der Waals surface area contributed by atoms with Gasteiger partial charge in [0.2, 0.25) is 5.28 Å². The van der Waals surface area contributed by atoms with E-state index in [1.54, 1.807) is 18.0 Å². The summed E-state index contributed by atoms with van der Waals surface area (Å²) in [7, 11) is 1.64. The number of methoxy groups -OCH3 is 1. The molecule has 0 unspecified atom stereocenters. The molecule has 5 nitrogen and oxygen atoms in total. The smallest absolute Gasteiger partial charge is 0.224 e. The molecule has 0 aliphatic carbocycles. The fourth-order valence-corrected chi connectivity index (χ4v) is 0.970. The summed E-state index contributed by atoms with van der Waals surface area (Å²) in [6, 6.07) is 0. The Morgan fingerprint density at radius 2 is 2.31 bits per heavy atom. The summed E-state index contributed by atoms with van der Waals surface area (Å²) < 4.78 is 11.8. The van der Waals surface area contributed by atoms with Crippen LogP contribution in [0.15, 0.2) is 6.33 Å². The predicted octanol–water partition coefficient (Wildman–Crippen LogP) is 0.594. The monoisotopic (exact) mass is 205 g/mol. The van der Waals surface area contributed by atoms with Gasteiger partial charge in [0.25, 0.3) is 0 Å². The van der Waals surface area contributed by atoms with Crippen LogP contribution < -0.4 is 0 Å². The second-order valence-corrected chi connectivity index (χ2v) is 2.74. The topological polar surface area (TPSA) is 49.2 Å². The number of hydrogen-bond acceptors (Lipinski definition) is 4. The van der Waals surface area contributed by atoms with E-state index in [2.05, 4.69) is 10.2 Å². The van der Waals surface area contributed by atoms with E-state index in [1.165, 1.54) is 0 Å². The Morgan fingerprint density at radius 3 is 2.92 bits per heavy atom. The van der Waals surface area contributed by atoms with Crippen LogP contribution in [0.1, 0.15) is 0 Å². The lowest BCUT2D eigenvalue weighted by Crippen LogP contribution is -2.08. The number of rotatable bonds is 6. The van der Waals surface area contributed by atoms with Crippen LogP contribution in [0.4, 0.5) is 0 Å². The zero-order chi connectivity index (χ0) is 9.52. The summed E-state index contributed by atoms with van der Waals surface area (Å²) in [5, 5.41) is 7.65. The van der Waals surface area contributed by atoms with E-state index in [0.717, 1.165) is 0 Å². The maximum Gasteiger partial charge on any atom is 0.224 e. The highest BCUT2D eigenvalue weighted by Crippen LogP contribution is 2.01. The van der Waals surface area contributed by atoms with E-state index in [1.807, 2.05) is 0 Å². The first-order chi connectivity index (χ1) is 6.34. The third kappa shape index (κ3) is 3.71. The van der Waals surface area contributed by atoms with Crippen molar-refractivity contribution >= 4 is 11.6 Å². The van der Waals surface area contributed by atoms with E-state index in [4.69, 9.17) is 21.1 Å². The van der Waals surface area contributed by atoms with E-state index < -0.39 is 0 Å². The van der Waals surface area contributed by atoms with E-state index in [0.29, 0.717) is 31.6 Å². The van der Waals surface area contributed by atoms with Crippen molar-refractivity contribution < 1.29 is 9.47 Å². The lowest BCUT2D eigenvalue weighted by Gasteiger charge is -2.03. The first-order valence-corrected chi connectivity index (χ1v) is 4.32. The van der Waals surface area contributed by atoms with Gasteiger partial charge in [-0.15, -0.1) is 10.2 Å². The van der Waals surface area contributed by atoms with Crippen molar-refractivity contribution in [3.8, 4) is 0 Å². The molecule has 0 amide bonds. The van der Waals surface area contributed by atoms with Crippen molar-refractivity contribution in [1.29, 1.82) is 0 Å². The molecule has 0 bridgehead atoms. The zero-order valence-electron chi connectivity index (χ0n) is 7.44. The summed E-state index contributed by atoms with van der Waals surface area (Å²) in [4.78, 5) is 0. The van der Waals surface area contributed by atoms with Gasteiger partial charge in [-0.1, -0.05) is 0 Å². The second-order valence-electron chi connectivity index (χ2n) is 2.40. The van der Waals surface area contributed by atoms with Crippen LogP contribution in [-0.2, 0) is 16.0 Å². The first-order valence-electron chi connectivity index (χ1n) is 3.94. The molecule has 1 rings (SSSR count). The van der Waals surface area contributed by atoms with Crippen LogP contribution in [0.25, 0.3) is 0 Å². The van der Waals surface area contributed by atoms with Crippen LogP contribution >= 0.6 is 11.6 Å². The summed E-state index contributed by atoms with van der Waals surface area (Å²) in [6.45, 7) is 2.45. The quantitative estimate of drug-likeness (QED) is 0.638. The van der Waals surface area contributed by atoms with Crippen molar-refractivity contribution in [3.05, 3.63) is 11.6 Å². The number of halogens is 1. The fraction of sp³-hybridized carbons (Fsp3) is 0.714. The van der Waals surface area contributed by atoms with Crippen molar-refractivity contribution in [1.82, 2.24) is 14.8 Å². The van der Waals surface area contributed by atoms with Crippen molar-refractivity contribution in [2.24, 2.45) is 0 Å². The highest BCUT2D eigenvalue weighted by molar-refractivity contribution is 6.28. The fourth-order valence-electron chi connectivity index (χ4n) is 0.798. The Balaban J connectivity index is 2.10. The van der Waals surface area contributed by atoms with E-state index in [9.17, 15) is 0 Å². The van der Waals surface area contributed by atoms with Crippen molar-refractivity contribution in [2.45, 2.75) is 6.54 Å². The maximum absolute atomic E-state index is 5.69. The molecule has 1 aromatic rings. The molecule has 6 heteroatoms. The lowest BCUT2D eigenvalue weighted by atomic mass is 10.6. The van der Waals surface area contributed by atoms with Gasteiger partial charge in [0.05, 0.1) is 19.8 Å². The third-order valence-corrected chi connectivity index (χ3v) is 1.77. The second kappa shape index (κ2) is 5.90. The largest absolute Gasteiger partial charge is 0.382 e. The van der Waals surface area contributed by atoms with Crippen molar-refractivity contribution in [2.75, 3.05) is 26.9 Å². The molecule has 0 radical (unpaired) electrons. The van der Waals surface area contributed by atoms with Crippen LogP contribution in [0.2, 0.25) is 5.28 Å². The molecule has 74 valence electrons. The molecule has 13 heavy (non-hydrogen) atoms. The van der Waals surface area contributed by atoms with Crippen LogP contribution in [0, 0.1) is 0 Å². The van der Waals surface area contributed by atoms with Crippen LogP contribution in [0.5, 0.6) is 0 Å². The predicted molar refractivity (Wildman–Crippen MR) is 47.7 cm³/mol. The Bertz CT molecular complexity index is 241. The Morgan fingerprint density at radius 1 is 1.46 bits per heavy atom. The molecule has 1 heterocycles. The van der Waals surface area contributed by atoms with Gasteiger partial charge in [0.15, 0.2) is 0 Å². The number of hydrogen-bond donors (Lipinski definition) is 0. The molecule has 0 atom stereocenters. The first kappa shape index (κ1) is 10.4. The number of aromatic nitrogens is 3. The third-order valence-electron chi connectivity index (χ3n) is 1.48. The molecule has 0 aliphatic rings. The highest BCUT2D eigenvalue weighted by atomic mass is 35.5. The molecule has 1 aromatic heterocycles. The zero-order valence-corrected chi connectivity index (χ0v) is 8.20. The van der Waals surface area contributed by atoms with E-state index >= 15 is 0 Å². The van der Waals surface area contributed by atoms with Crippen LogP contribution in [-0.4, -0.2) is 41.7 Å². The molecule has 0 spiro atoms. The number of nitrogens with zero attached hydrogens (tertiary/aromatic N) is 3. The lowest BCUT2D eigenvalue weighted by molar-refractivity contribution is 0.0666. The summed E-state index contributed by atoms with van der Waals surface area (Å²) >= 11 is 5.69. The van der Waals surface area contributed by atoms with E-state index in [-0.39, 0.29) is 0 Å². The molecular weight excluding hydrogens is 194 g/mol.